The lowest BCUT2D eigenvalue weighted by molar-refractivity contribution is -0.119. The molecule has 3 aromatic rings. The number of hydrogen-bond donors (Lipinski definition) is 1. The second-order valence-electron chi connectivity index (χ2n) is 5.03. The van der Waals surface area contributed by atoms with Crippen molar-refractivity contribution in [2.75, 3.05) is 5.32 Å². The van der Waals surface area contributed by atoms with Crippen LogP contribution in [0.3, 0.4) is 0 Å². The highest BCUT2D eigenvalue weighted by atomic mass is 16.2. The van der Waals surface area contributed by atoms with E-state index >= 15 is 0 Å². The molecule has 0 unspecified atom stereocenters. The van der Waals surface area contributed by atoms with E-state index in [0.29, 0.717) is 12.1 Å². The van der Waals surface area contributed by atoms with E-state index in [9.17, 15) is 4.79 Å². The number of nitrogens with zero attached hydrogens (tertiary/aromatic N) is 6. The van der Waals surface area contributed by atoms with E-state index in [0.717, 1.165) is 11.5 Å². The van der Waals surface area contributed by atoms with Gasteiger partial charge >= 0.3 is 0 Å². The van der Waals surface area contributed by atoms with Crippen LogP contribution in [-0.4, -0.2) is 35.9 Å². The molecule has 0 saturated carbocycles. The van der Waals surface area contributed by atoms with Gasteiger partial charge in [0.2, 0.25) is 5.91 Å². The van der Waals surface area contributed by atoms with E-state index in [-0.39, 0.29) is 5.91 Å². The molecule has 0 aliphatic heterocycles. The lowest BCUT2D eigenvalue weighted by Crippen LogP contribution is -2.24. The molecule has 118 valence electrons. The quantitative estimate of drug-likeness (QED) is 0.773. The van der Waals surface area contributed by atoms with Crippen LogP contribution in [0.2, 0.25) is 0 Å². The Morgan fingerprint density at radius 3 is 2.87 bits per heavy atom. The summed E-state index contributed by atoms with van der Waals surface area (Å²) in [6.07, 6.45) is 4.10. The highest BCUT2D eigenvalue weighted by molar-refractivity contribution is 5.95. The molecule has 1 atom stereocenters. The number of benzene rings is 1. The van der Waals surface area contributed by atoms with Crippen LogP contribution in [0.1, 0.15) is 25.7 Å². The van der Waals surface area contributed by atoms with E-state index in [1.54, 1.807) is 34.7 Å². The van der Waals surface area contributed by atoms with E-state index < -0.39 is 6.04 Å². The monoisotopic (exact) mass is 311 g/mol. The first kappa shape index (κ1) is 14.9. The van der Waals surface area contributed by atoms with Crippen molar-refractivity contribution >= 4 is 11.6 Å². The van der Waals surface area contributed by atoms with Gasteiger partial charge in [0.25, 0.3) is 0 Å². The predicted molar refractivity (Wildman–Crippen MR) is 84.1 cm³/mol. The number of anilines is 1. The zero-order valence-electron chi connectivity index (χ0n) is 12.9. The Labute approximate surface area is 133 Å². The molecule has 3 rings (SSSR count). The standard InChI is InChI=1S/C15H17N7O/c1-3-14-18-19-20-22(14)13-8-5-4-7-12(13)17-15(23)11(2)21-10-6-9-16-21/h4-11H,3H2,1-2H3,(H,17,23)/t11-/m1/s1. The number of carbonyl (C=O) groups is 1. The lowest BCUT2D eigenvalue weighted by atomic mass is 10.2. The van der Waals surface area contributed by atoms with Gasteiger partial charge in [0, 0.05) is 18.8 Å². The summed E-state index contributed by atoms with van der Waals surface area (Å²) in [4.78, 5) is 12.5. The fraction of sp³-hybridized carbons (Fsp3) is 0.267. The minimum Gasteiger partial charge on any atom is -0.322 e. The number of nitrogens with one attached hydrogen (secondary N) is 1. The Hall–Kier alpha value is -3.03. The van der Waals surface area contributed by atoms with Crippen LogP contribution in [-0.2, 0) is 11.2 Å². The Morgan fingerprint density at radius 2 is 2.13 bits per heavy atom. The van der Waals surface area contributed by atoms with Crippen molar-refractivity contribution in [2.24, 2.45) is 0 Å². The topological polar surface area (TPSA) is 90.5 Å². The van der Waals surface area contributed by atoms with Gasteiger partial charge in [0.1, 0.15) is 6.04 Å². The number of hydrogen-bond acceptors (Lipinski definition) is 5. The number of rotatable bonds is 5. The van der Waals surface area contributed by atoms with Crippen molar-refractivity contribution in [3.8, 4) is 5.69 Å². The molecular weight excluding hydrogens is 294 g/mol. The van der Waals surface area contributed by atoms with E-state index in [2.05, 4.69) is 25.9 Å². The molecule has 0 saturated heterocycles. The van der Waals surface area contributed by atoms with Crippen LogP contribution in [0.5, 0.6) is 0 Å². The second kappa shape index (κ2) is 6.39. The molecule has 1 N–H and O–H groups in total. The van der Waals surface area contributed by atoms with E-state index in [1.165, 1.54) is 0 Å². The average molecular weight is 311 g/mol. The number of amides is 1. The van der Waals surface area contributed by atoms with Crippen molar-refractivity contribution in [1.29, 1.82) is 0 Å². The molecule has 8 nitrogen and oxygen atoms in total. The maximum absolute atomic E-state index is 12.5. The van der Waals surface area contributed by atoms with Crippen molar-refractivity contribution in [3.05, 3.63) is 48.5 Å². The van der Waals surface area contributed by atoms with E-state index in [1.807, 2.05) is 31.2 Å². The minimum absolute atomic E-state index is 0.160. The molecule has 8 heteroatoms. The molecule has 1 amide bonds. The highest BCUT2D eigenvalue weighted by Crippen LogP contribution is 2.21. The van der Waals surface area contributed by atoms with Gasteiger partial charge in [-0.05, 0) is 35.5 Å². The zero-order valence-corrected chi connectivity index (χ0v) is 12.9. The van der Waals surface area contributed by atoms with Crippen molar-refractivity contribution in [2.45, 2.75) is 26.3 Å². The molecule has 2 heterocycles. The van der Waals surface area contributed by atoms with Gasteiger partial charge in [-0.25, -0.2) is 0 Å². The van der Waals surface area contributed by atoms with Crippen molar-refractivity contribution in [1.82, 2.24) is 30.0 Å². The predicted octanol–water partition coefficient (Wildman–Crippen LogP) is 1.62. The lowest BCUT2D eigenvalue weighted by Gasteiger charge is -2.15. The fourth-order valence-electron chi connectivity index (χ4n) is 2.24. The molecule has 0 aliphatic rings. The largest absolute Gasteiger partial charge is 0.322 e. The minimum atomic E-state index is -0.419. The van der Waals surface area contributed by atoms with Crippen LogP contribution in [0.15, 0.2) is 42.7 Å². The number of carbonyl (C=O) groups excluding carboxylic acids is 1. The van der Waals surface area contributed by atoms with Crippen molar-refractivity contribution < 1.29 is 4.79 Å². The van der Waals surface area contributed by atoms with Gasteiger partial charge in [-0.2, -0.15) is 9.78 Å². The Kier molecular flexibility index (Phi) is 4.13. The van der Waals surface area contributed by atoms with Crippen LogP contribution in [0, 0.1) is 0 Å². The average Bonchev–Trinajstić information content (AvgIpc) is 3.25. The van der Waals surface area contributed by atoms with Gasteiger partial charge in [0.05, 0.1) is 11.4 Å². The third-order valence-electron chi connectivity index (χ3n) is 3.54. The summed E-state index contributed by atoms with van der Waals surface area (Å²) in [5.41, 5.74) is 1.38. The number of para-hydroxylation sites is 2. The van der Waals surface area contributed by atoms with Crippen LogP contribution >= 0.6 is 0 Å². The summed E-state index contributed by atoms with van der Waals surface area (Å²) in [6.45, 7) is 3.77. The van der Waals surface area contributed by atoms with Gasteiger partial charge in [-0.15, -0.1) is 5.10 Å². The van der Waals surface area contributed by atoms with Gasteiger partial charge < -0.3 is 5.32 Å². The molecule has 23 heavy (non-hydrogen) atoms. The third kappa shape index (κ3) is 2.96. The molecule has 0 bridgehead atoms. The summed E-state index contributed by atoms with van der Waals surface area (Å²) in [5.74, 6) is 0.569. The van der Waals surface area contributed by atoms with Gasteiger partial charge in [-0.1, -0.05) is 19.1 Å². The SMILES string of the molecule is CCc1nnnn1-c1ccccc1NC(=O)[C@@H](C)n1cccn1. The summed E-state index contributed by atoms with van der Waals surface area (Å²) in [7, 11) is 0. The Bertz CT molecular complexity index is 794. The van der Waals surface area contributed by atoms with Crippen LogP contribution < -0.4 is 5.32 Å². The molecular formula is C15H17N7O. The summed E-state index contributed by atoms with van der Waals surface area (Å²) in [5, 5.41) is 18.7. The molecule has 2 aromatic heterocycles. The Morgan fingerprint density at radius 1 is 1.30 bits per heavy atom. The summed E-state index contributed by atoms with van der Waals surface area (Å²) in [6, 6.07) is 8.79. The molecule has 0 fully saturated rings. The summed E-state index contributed by atoms with van der Waals surface area (Å²) >= 11 is 0. The third-order valence-corrected chi connectivity index (χ3v) is 3.54. The zero-order chi connectivity index (χ0) is 16.2. The molecule has 0 radical (unpaired) electrons. The first-order valence-electron chi connectivity index (χ1n) is 7.37. The first-order chi connectivity index (χ1) is 11.2. The van der Waals surface area contributed by atoms with Gasteiger partial charge in [-0.3, -0.25) is 9.48 Å². The number of aryl methyl sites for hydroxylation is 1. The fourth-order valence-corrected chi connectivity index (χ4v) is 2.24. The molecule has 0 spiro atoms. The van der Waals surface area contributed by atoms with Crippen LogP contribution in [0.25, 0.3) is 5.69 Å². The Balaban J connectivity index is 1.88. The maximum Gasteiger partial charge on any atom is 0.249 e. The number of tetrazole rings is 1. The van der Waals surface area contributed by atoms with Gasteiger partial charge in [0.15, 0.2) is 5.82 Å². The highest BCUT2D eigenvalue weighted by Gasteiger charge is 2.18. The number of aromatic nitrogens is 6. The maximum atomic E-state index is 12.5. The molecule has 1 aromatic carbocycles. The van der Waals surface area contributed by atoms with Crippen molar-refractivity contribution in [3.63, 3.8) is 0 Å². The van der Waals surface area contributed by atoms with Crippen LogP contribution in [0.4, 0.5) is 5.69 Å². The molecule has 0 aliphatic carbocycles. The van der Waals surface area contributed by atoms with E-state index in [4.69, 9.17) is 0 Å². The second-order valence-corrected chi connectivity index (χ2v) is 5.03. The summed E-state index contributed by atoms with van der Waals surface area (Å²) < 4.78 is 3.24. The first-order valence-corrected chi connectivity index (χ1v) is 7.37. The smallest absolute Gasteiger partial charge is 0.249 e. The normalized spacial score (nSPS) is 12.1.